The first-order valence-corrected chi connectivity index (χ1v) is 9.52. The third kappa shape index (κ3) is 4.17. The minimum absolute atomic E-state index is 0.130. The van der Waals surface area contributed by atoms with Crippen LogP contribution in [0.3, 0.4) is 0 Å². The Morgan fingerprint density at radius 3 is 2.93 bits per heavy atom. The second-order valence-electron chi connectivity index (χ2n) is 7.48. The van der Waals surface area contributed by atoms with Crippen LogP contribution in [-0.4, -0.2) is 48.7 Å². The molecule has 1 aromatic heterocycles. The summed E-state index contributed by atoms with van der Waals surface area (Å²) in [4.78, 5) is 15.1. The number of amides is 1. The highest BCUT2D eigenvalue weighted by Crippen LogP contribution is 2.24. The van der Waals surface area contributed by atoms with Crippen molar-refractivity contribution in [3.8, 4) is 5.75 Å². The third-order valence-electron chi connectivity index (χ3n) is 5.23. The minimum Gasteiger partial charge on any atom is -0.486 e. The maximum absolute atomic E-state index is 12.7. The molecule has 2 fully saturated rings. The number of furan rings is 1. The van der Waals surface area contributed by atoms with Gasteiger partial charge in [0.15, 0.2) is 5.76 Å². The Hall–Kier alpha value is -2.31. The predicted octanol–water partition coefficient (Wildman–Crippen LogP) is 2.76. The van der Waals surface area contributed by atoms with Gasteiger partial charge in [-0.1, -0.05) is 18.2 Å². The number of carbonyl (C=O) groups excluding carboxylic acids is 1. The molecule has 4 rings (SSSR count). The van der Waals surface area contributed by atoms with Gasteiger partial charge in [-0.3, -0.25) is 9.69 Å². The highest BCUT2D eigenvalue weighted by atomic mass is 16.5. The summed E-state index contributed by atoms with van der Waals surface area (Å²) in [6.45, 7) is 6.82. The summed E-state index contributed by atoms with van der Waals surface area (Å²) in [6.07, 6.45) is 1.18. The quantitative estimate of drug-likeness (QED) is 0.877. The number of hydrogen-bond acceptors (Lipinski definition) is 5. The van der Waals surface area contributed by atoms with Crippen LogP contribution >= 0.6 is 0 Å². The number of nitrogens with one attached hydrogen (secondary N) is 1. The summed E-state index contributed by atoms with van der Waals surface area (Å²) < 4.78 is 17.2. The average Bonchev–Trinajstić information content (AvgIpc) is 3.23. The van der Waals surface area contributed by atoms with E-state index in [9.17, 15) is 4.79 Å². The molecule has 0 saturated carbocycles. The monoisotopic (exact) mass is 370 g/mol. The number of morpholine rings is 1. The number of fused-ring (bicyclic) bond motifs is 1. The Labute approximate surface area is 159 Å². The Balaban J connectivity index is 1.34. The highest BCUT2D eigenvalue weighted by Gasteiger charge is 2.37. The summed E-state index contributed by atoms with van der Waals surface area (Å²) in [5.74, 6) is 1.64. The lowest BCUT2D eigenvalue weighted by molar-refractivity contribution is -0.0390. The van der Waals surface area contributed by atoms with E-state index in [1.807, 2.05) is 43.3 Å². The smallest absolute Gasteiger partial charge is 0.287 e. The van der Waals surface area contributed by atoms with Crippen LogP contribution in [0.1, 0.15) is 35.2 Å². The molecule has 144 valence electrons. The maximum Gasteiger partial charge on any atom is 0.287 e. The molecule has 2 aromatic rings. The summed E-state index contributed by atoms with van der Waals surface area (Å²) in [5.41, 5.74) is 0.826. The fourth-order valence-electron chi connectivity index (χ4n) is 3.91. The number of carbonyl (C=O) groups is 1. The fourth-order valence-corrected chi connectivity index (χ4v) is 3.91. The Morgan fingerprint density at radius 2 is 2.11 bits per heavy atom. The summed E-state index contributed by atoms with van der Waals surface area (Å²) in [7, 11) is 0. The molecule has 2 aliphatic rings. The zero-order valence-corrected chi connectivity index (χ0v) is 15.8. The Kier molecular flexibility index (Phi) is 5.18. The molecular formula is C21H26N2O4. The normalized spacial score (nSPS) is 25.2. The lowest BCUT2D eigenvalue weighted by Crippen LogP contribution is -2.45. The van der Waals surface area contributed by atoms with E-state index in [0.29, 0.717) is 24.2 Å². The Morgan fingerprint density at radius 1 is 1.30 bits per heavy atom. The van der Waals surface area contributed by atoms with E-state index in [1.165, 1.54) is 0 Å². The molecule has 3 heterocycles. The van der Waals surface area contributed by atoms with Crippen LogP contribution in [0.15, 0.2) is 40.8 Å². The second-order valence-corrected chi connectivity index (χ2v) is 7.48. The van der Waals surface area contributed by atoms with Gasteiger partial charge in [0.25, 0.3) is 5.91 Å². The molecule has 2 saturated heterocycles. The second kappa shape index (κ2) is 7.74. The lowest BCUT2D eigenvalue weighted by Gasteiger charge is -2.33. The van der Waals surface area contributed by atoms with Gasteiger partial charge in [-0.05, 0) is 38.5 Å². The van der Waals surface area contributed by atoms with Gasteiger partial charge in [-0.2, -0.15) is 0 Å². The predicted molar refractivity (Wildman–Crippen MR) is 101 cm³/mol. The van der Waals surface area contributed by atoms with Gasteiger partial charge in [-0.25, -0.2) is 0 Å². The number of para-hydroxylation sites is 1. The maximum atomic E-state index is 12.7. The molecule has 1 amide bonds. The van der Waals surface area contributed by atoms with E-state index in [0.717, 1.165) is 37.4 Å². The van der Waals surface area contributed by atoms with Gasteiger partial charge < -0.3 is 19.2 Å². The van der Waals surface area contributed by atoms with Crippen LogP contribution in [0.5, 0.6) is 5.75 Å². The number of aryl methyl sites for hydroxylation is 1. The average molecular weight is 370 g/mol. The number of hydrogen-bond donors (Lipinski definition) is 1. The van der Waals surface area contributed by atoms with Crippen molar-refractivity contribution in [1.29, 1.82) is 0 Å². The van der Waals surface area contributed by atoms with Crippen molar-refractivity contribution < 1.29 is 18.7 Å². The molecule has 2 aliphatic heterocycles. The van der Waals surface area contributed by atoms with Gasteiger partial charge in [0.1, 0.15) is 18.1 Å². The molecule has 1 aromatic carbocycles. The van der Waals surface area contributed by atoms with Gasteiger partial charge >= 0.3 is 0 Å². The summed E-state index contributed by atoms with van der Waals surface area (Å²) in [6, 6.07) is 12.0. The molecule has 3 atom stereocenters. The van der Waals surface area contributed by atoms with Crippen LogP contribution in [-0.2, 0) is 11.3 Å². The van der Waals surface area contributed by atoms with Crippen LogP contribution in [0.2, 0.25) is 0 Å². The van der Waals surface area contributed by atoms with Gasteiger partial charge in [-0.15, -0.1) is 0 Å². The third-order valence-corrected chi connectivity index (χ3v) is 5.23. The zero-order valence-electron chi connectivity index (χ0n) is 15.8. The first-order valence-electron chi connectivity index (χ1n) is 9.52. The topological polar surface area (TPSA) is 63.9 Å². The highest BCUT2D eigenvalue weighted by molar-refractivity contribution is 5.93. The van der Waals surface area contributed by atoms with Crippen molar-refractivity contribution in [2.45, 2.75) is 45.1 Å². The van der Waals surface area contributed by atoms with Crippen LogP contribution in [0.4, 0.5) is 0 Å². The standard InChI is InChI=1S/C21H26N2O4/c1-14-8-19(13-26-18-6-4-3-5-7-18)27-20(14)21(24)22-16-9-17-12-25-15(2)10-23(17)11-16/h3-8,15-17H,9-13H2,1-2H3,(H,22,24)/t15-,16+,17+/m1/s1. The van der Waals surface area contributed by atoms with E-state index in [-0.39, 0.29) is 18.1 Å². The van der Waals surface area contributed by atoms with E-state index in [2.05, 4.69) is 17.1 Å². The first-order chi connectivity index (χ1) is 13.1. The molecule has 0 aliphatic carbocycles. The summed E-state index contributed by atoms with van der Waals surface area (Å²) in [5, 5.41) is 3.12. The summed E-state index contributed by atoms with van der Waals surface area (Å²) >= 11 is 0. The number of rotatable bonds is 5. The van der Waals surface area contributed by atoms with Gasteiger partial charge in [0.2, 0.25) is 0 Å². The molecule has 0 unspecified atom stereocenters. The van der Waals surface area contributed by atoms with E-state index >= 15 is 0 Å². The molecule has 0 bridgehead atoms. The van der Waals surface area contributed by atoms with Crippen molar-refractivity contribution in [3.05, 3.63) is 53.5 Å². The van der Waals surface area contributed by atoms with Gasteiger partial charge in [0, 0.05) is 30.7 Å². The molecule has 27 heavy (non-hydrogen) atoms. The molecule has 6 nitrogen and oxygen atoms in total. The van der Waals surface area contributed by atoms with Crippen LogP contribution in [0.25, 0.3) is 0 Å². The fraction of sp³-hybridized carbons (Fsp3) is 0.476. The Bertz CT molecular complexity index is 789. The first kappa shape index (κ1) is 18.1. The zero-order chi connectivity index (χ0) is 18.8. The van der Waals surface area contributed by atoms with E-state index < -0.39 is 0 Å². The minimum atomic E-state index is -0.155. The van der Waals surface area contributed by atoms with Crippen molar-refractivity contribution in [3.63, 3.8) is 0 Å². The SMILES string of the molecule is Cc1cc(COc2ccccc2)oc1C(=O)N[C@H]1C[C@H]2CO[C@H](C)CN2C1. The number of ether oxygens (including phenoxy) is 2. The van der Waals surface area contributed by atoms with Crippen molar-refractivity contribution >= 4 is 5.91 Å². The van der Waals surface area contributed by atoms with Crippen molar-refractivity contribution in [1.82, 2.24) is 10.2 Å². The molecule has 0 radical (unpaired) electrons. The number of benzene rings is 1. The number of nitrogens with zero attached hydrogens (tertiary/aromatic N) is 1. The van der Waals surface area contributed by atoms with Crippen LogP contribution < -0.4 is 10.1 Å². The molecular weight excluding hydrogens is 344 g/mol. The van der Waals surface area contributed by atoms with Crippen LogP contribution in [0, 0.1) is 6.92 Å². The van der Waals surface area contributed by atoms with E-state index in [4.69, 9.17) is 13.9 Å². The largest absolute Gasteiger partial charge is 0.486 e. The van der Waals surface area contributed by atoms with E-state index in [1.54, 1.807) is 0 Å². The molecule has 0 spiro atoms. The molecule has 1 N–H and O–H groups in total. The van der Waals surface area contributed by atoms with Gasteiger partial charge in [0.05, 0.1) is 12.7 Å². The molecule has 6 heteroatoms. The lowest BCUT2D eigenvalue weighted by atomic mass is 10.1. The van der Waals surface area contributed by atoms with Crippen molar-refractivity contribution in [2.24, 2.45) is 0 Å². The van der Waals surface area contributed by atoms with Crippen molar-refractivity contribution in [2.75, 3.05) is 19.7 Å².